The van der Waals surface area contributed by atoms with E-state index in [0.29, 0.717) is 0 Å². The van der Waals surface area contributed by atoms with Crippen LogP contribution >= 0.6 is 15.9 Å². The van der Waals surface area contributed by atoms with Crippen LogP contribution in [0.3, 0.4) is 0 Å². The molecule has 0 bridgehead atoms. The molecular formula is C13H17BrO3. The van der Waals surface area contributed by atoms with Gasteiger partial charge in [0.05, 0.1) is 7.11 Å². The summed E-state index contributed by atoms with van der Waals surface area (Å²) >= 11 is 3.31. The summed E-state index contributed by atoms with van der Waals surface area (Å²) in [7, 11) is 1.62. The number of methoxy groups -OCH3 is 1. The Balaban J connectivity index is 2.47. The molecule has 1 aromatic carbocycles. The molecule has 0 aliphatic carbocycles. The normalized spacial score (nSPS) is 12.3. The van der Waals surface area contributed by atoms with Gasteiger partial charge < -0.3 is 9.47 Å². The number of halogens is 1. The minimum absolute atomic E-state index is 0.221. The zero-order chi connectivity index (χ0) is 12.8. The van der Waals surface area contributed by atoms with Gasteiger partial charge in [-0.15, -0.1) is 0 Å². The average molecular weight is 301 g/mol. The van der Waals surface area contributed by atoms with Crippen molar-refractivity contribution >= 4 is 21.9 Å². The second-order valence-electron chi connectivity index (χ2n) is 4.10. The zero-order valence-corrected chi connectivity index (χ0v) is 11.9. The lowest BCUT2D eigenvalue weighted by molar-refractivity contribution is -0.144. The van der Waals surface area contributed by atoms with E-state index >= 15 is 0 Å². The summed E-state index contributed by atoms with van der Waals surface area (Å²) in [5.74, 6) is 0.787. The van der Waals surface area contributed by atoms with Gasteiger partial charge in [0.2, 0.25) is 0 Å². The average Bonchev–Trinajstić information content (AvgIpc) is 2.35. The van der Waals surface area contributed by atoms with Crippen LogP contribution in [0.2, 0.25) is 0 Å². The van der Waals surface area contributed by atoms with E-state index in [9.17, 15) is 4.79 Å². The van der Waals surface area contributed by atoms with Crippen LogP contribution in [0.5, 0.6) is 5.75 Å². The molecule has 0 radical (unpaired) electrons. The number of alkyl halides is 1. The SMILES string of the molecule is COc1ccc(COC(=O)C(Br)C(C)C)cc1. The van der Waals surface area contributed by atoms with Crippen LogP contribution in [0.4, 0.5) is 0 Å². The molecule has 3 nitrogen and oxygen atoms in total. The number of rotatable bonds is 5. The van der Waals surface area contributed by atoms with Gasteiger partial charge in [-0.1, -0.05) is 41.9 Å². The molecule has 0 saturated carbocycles. The van der Waals surface area contributed by atoms with Gasteiger partial charge in [-0.25, -0.2) is 0 Å². The molecule has 1 aromatic rings. The third kappa shape index (κ3) is 4.38. The second kappa shape index (κ2) is 6.64. The summed E-state index contributed by atoms with van der Waals surface area (Å²) in [6.07, 6.45) is 0. The van der Waals surface area contributed by atoms with Crippen LogP contribution in [0.25, 0.3) is 0 Å². The summed E-state index contributed by atoms with van der Waals surface area (Å²) in [5.41, 5.74) is 0.947. The van der Waals surface area contributed by atoms with Gasteiger partial charge in [-0.2, -0.15) is 0 Å². The van der Waals surface area contributed by atoms with Crippen molar-refractivity contribution in [3.63, 3.8) is 0 Å². The van der Waals surface area contributed by atoms with E-state index in [1.54, 1.807) is 7.11 Å². The molecule has 1 unspecified atom stereocenters. The van der Waals surface area contributed by atoms with Crippen molar-refractivity contribution < 1.29 is 14.3 Å². The van der Waals surface area contributed by atoms with Gasteiger partial charge in [-0.3, -0.25) is 4.79 Å². The molecule has 0 aromatic heterocycles. The molecule has 0 saturated heterocycles. The first-order valence-corrected chi connectivity index (χ1v) is 6.39. The molecule has 0 aliphatic heterocycles. The van der Waals surface area contributed by atoms with E-state index in [2.05, 4.69) is 15.9 Å². The molecule has 0 aliphatic rings. The van der Waals surface area contributed by atoms with Gasteiger partial charge in [-0.05, 0) is 23.6 Å². The van der Waals surface area contributed by atoms with Crippen molar-refractivity contribution in [2.75, 3.05) is 7.11 Å². The predicted octanol–water partition coefficient (Wildman–Crippen LogP) is 3.16. The molecule has 17 heavy (non-hydrogen) atoms. The Hall–Kier alpha value is -1.03. The lowest BCUT2D eigenvalue weighted by Crippen LogP contribution is -2.22. The van der Waals surface area contributed by atoms with Crippen molar-refractivity contribution in [1.82, 2.24) is 0 Å². The maximum atomic E-state index is 11.6. The topological polar surface area (TPSA) is 35.5 Å². The molecule has 1 atom stereocenters. The highest BCUT2D eigenvalue weighted by molar-refractivity contribution is 9.10. The lowest BCUT2D eigenvalue weighted by atomic mass is 10.1. The fourth-order valence-corrected chi connectivity index (χ4v) is 1.36. The van der Waals surface area contributed by atoms with Crippen molar-refractivity contribution in [2.24, 2.45) is 5.92 Å². The summed E-state index contributed by atoms with van der Waals surface area (Å²) in [5, 5.41) is 0. The molecule has 94 valence electrons. The smallest absolute Gasteiger partial charge is 0.320 e. The number of hydrogen-bond acceptors (Lipinski definition) is 3. The monoisotopic (exact) mass is 300 g/mol. The Morgan fingerprint density at radius 1 is 1.29 bits per heavy atom. The highest BCUT2D eigenvalue weighted by atomic mass is 79.9. The summed E-state index contributed by atoms with van der Waals surface area (Å²) in [4.78, 5) is 11.3. The first-order chi connectivity index (χ1) is 8.04. The van der Waals surface area contributed by atoms with Gasteiger partial charge in [0.25, 0.3) is 0 Å². The van der Waals surface area contributed by atoms with Crippen LogP contribution in [0.1, 0.15) is 19.4 Å². The van der Waals surface area contributed by atoms with Crippen LogP contribution in [-0.4, -0.2) is 17.9 Å². The molecule has 0 N–H and O–H groups in total. The molecular weight excluding hydrogens is 284 g/mol. The number of benzene rings is 1. The summed E-state index contributed by atoms with van der Waals surface area (Å²) in [6.45, 7) is 4.22. The molecule has 4 heteroatoms. The van der Waals surface area contributed by atoms with Gasteiger partial charge >= 0.3 is 5.97 Å². The van der Waals surface area contributed by atoms with Crippen molar-refractivity contribution in [2.45, 2.75) is 25.3 Å². The molecule has 0 fully saturated rings. The maximum absolute atomic E-state index is 11.6. The van der Waals surface area contributed by atoms with Gasteiger partial charge in [0.1, 0.15) is 17.2 Å². The Bertz CT molecular complexity index is 359. The zero-order valence-electron chi connectivity index (χ0n) is 10.3. The Kier molecular flexibility index (Phi) is 5.48. The number of esters is 1. The third-order valence-electron chi connectivity index (χ3n) is 2.35. The number of carbonyl (C=O) groups excluding carboxylic acids is 1. The minimum Gasteiger partial charge on any atom is -0.497 e. The van der Waals surface area contributed by atoms with Gasteiger partial charge in [0.15, 0.2) is 0 Å². The molecule has 0 heterocycles. The lowest BCUT2D eigenvalue weighted by Gasteiger charge is -2.13. The summed E-state index contributed by atoms with van der Waals surface area (Å²) < 4.78 is 10.2. The number of ether oxygens (including phenoxy) is 2. The van der Waals surface area contributed by atoms with Crippen LogP contribution < -0.4 is 4.74 Å². The Morgan fingerprint density at radius 3 is 2.35 bits per heavy atom. The quantitative estimate of drug-likeness (QED) is 0.619. The largest absolute Gasteiger partial charge is 0.497 e. The third-order valence-corrected chi connectivity index (χ3v) is 3.78. The maximum Gasteiger partial charge on any atom is 0.320 e. The standard InChI is InChI=1S/C13H17BrO3/c1-9(2)12(14)13(15)17-8-10-4-6-11(16-3)7-5-10/h4-7,9,12H,8H2,1-3H3. The van der Waals surface area contributed by atoms with E-state index in [1.807, 2.05) is 38.1 Å². The van der Waals surface area contributed by atoms with Crippen LogP contribution in [0, 0.1) is 5.92 Å². The second-order valence-corrected chi connectivity index (χ2v) is 5.09. The number of hydrogen-bond donors (Lipinski definition) is 0. The van der Waals surface area contributed by atoms with Crippen molar-refractivity contribution in [1.29, 1.82) is 0 Å². The minimum atomic E-state index is -0.249. The first-order valence-electron chi connectivity index (χ1n) is 5.48. The Labute approximate surface area is 110 Å². The fourth-order valence-electron chi connectivity index (χ4n) is 1.23. The van der Waals surface area contributed by atoms with E-state index in [0.717, 1.165) is 11.3 Å². The molecule has 0 spiro atoms. The molecule has 1 rings (SSSR count). The predicted molar refractivity (Wildman–Crippen MR) is 70.3 cm³/mol. The Morgan fingerprint density at radius 2 is 1.88 bits per heavy atom. The highest BCUT2D eigenvalue weighted by Gasteiger charge is 2.19. The van der Waals surface area contributed by atoms with Crippen molar-refractivity contribution in [3.8, 4) is 5.75 Å². The highest BCUT2D eigenvalue weighted by Crippen LogP contribution is 2.16. The fraction of sp³-hybridized carbons (Fsp3) is 0.462. The number of carbonyl (C=O) groups is 1. The van der Waals surface area contributed by atoms with E-state index in [-0.39, 0.29) is 23.3 Å². The van der Waals surface area contributed by atoms with E-state index in [1.165, 1.54) is 0 Å². The first kappa shape index (κ1) is 14.0. The van der Waals surface area contributed by atoms with E-state index < -0.39 is 0 Å². The van der Waals surface area contributed by atoms with Gasteiger partial charge in [0, 0.05) is 0 Å². The van der Waals surface area contributed by atoms with Crippen molar-refractivity contribution in [3.05, 3.63) is 29.8 Å². The van der Waals surface area contributed by atoms with Crippen LogP contribution in [0.15, 0.2) is 24.3 Å². The summed E-state index contributed by atoms with van der Waals surface area (Å²) in [6, 6.07) is 7.45. The molecule has 0 amide bonds. The van der Waals surface area contributed by atoms with E-state index in [4.69, 9.17) is 9.47 Å². The van der Waals surface area contributed by atoms with Crippen LogP contribution in [-0.2, 0) is 16.1 Å².